The fraction of sp³-hybridized carbons (Fsp3) is 0.300. The van der Waals surface area contributed by atoms with Gasteiger partial charge in [0.2, 0.25) is 5.82 Å². The molecular formula is C20H22N4OS. The van der Waals surface area contributed by atoms with E-state index in [0.29, 0.717) is 5.88 Å². The maximum Gasteiger partial charge on any atom is 0.271 e. The number of hydrogen-bond donors (Lipinski definition) is 0. The van der Waals surface area contributed by atoms with Gasteiger partial charge in [-0.2, -0.15) is 4.37 Å². The molecule has 0 saturated carbocycles. The Kier molecular flexibility index (Phi) is 5.02. The Labute approximate surface area is 158 Å². The van der Waals surface area contributed by atoms with Crippen LogP contribution < -0.4 is 14.5 Å². The van der Waals surface area contributed by atoms with E-state index in [4.69, 9.17) is 4.74 Å². The highest BCUT2D eigenvalue weighted by molar-refractivity contribution is 6.99. The van der Waals surface area contributed by atoms with Gasteiger partial charge in [0.25, 0.3) is 5.88 Å². The highest BCUT2D eigenvalue weighted by Gasteiger charge is 2.24. The molecule has 1 saturated heterocycles. The monoisotopic (exact) mass is 366 g/mol. The molecule has 1 aromatic heterocycles. The van der Waals surface area contributed by atoms with Gasteiger partial charge >= 0.3 is 0 Å². The van der Waals surface area contributed by atoms with E-state index in [1.807, 2.05) is 25.1 Å². The Bertz CT molecular complexity index is 816. The van der Waals surface area contributed by atoms with Crippen LogP contribution in [0.2, 0.25) is 0 Å². The van der Waals surface area contributed by atoms with Gasteiger partial charge in [0, 0.05) is 31.9 Å². The normalized spacial score (nSPS) is 15.7. The Balaban J connectivity index is 1.41. The van der Waals surface area contributed by atoms with Gasteiger partial charge in [-0.15, -0.1) is 4.37 Å². The lowest BCUT2D eigenvalue weighted by atomic mass is 10.1. The molecule has 1 aliphatic rings. The summed E-state index contributed by atoms with van der Waals surface area (Å²) in [6.07, 6.45) is -0.0514. The van der Waals surface area contributed by atoms with E-state index in [0.717, 1.165) is 37.6 Å². The molecule has 26 heavy (non-hydrogen) atoms. The molecule has 0 bridgehead atoms. The third-order valence-corrected chi connectivity index (χ3v) is 5.20. The number of aromatic nitrogens is 2. The molecule has 3 aromatic rings. The lowest BCUT2D eigenvalue weighted by Gasteiger charge is -2.36. The SMILES string of the molecule is CC(Oc1nsnc1N1CCN(c2ccccc2)CC1)c1ccccc1. The Hall–Kier alpha value is -2.60. The molecule has 5 nitrogen and oxygen atoms in total. The van der Waals surface area contributed by atoms with Gasteiger partial charge in [0.1, 0.15) is 6.10 Å². The van der Waals surface area contributed by atoms with Gasteiger partial charge < -0.3 is 14.5 Å². The zero-order chi connectivity index (χ0) is 17.8. The van der Waals surface area contributed by atoms with Crippen molar-refractivity contribution in [2.45, 2.75) is 13.0 Å². The summed E-state index contributed by atoms with van der Waals surface area (Å²) < 4.78 is 15.0. The molecule has 1 atom stereocenters. The molecule has 0 amide bonds. The third kappa shape index (κ3) is 3.65. The Morgan fingerprint density at radius 3 is 2.15 bits per heavy atom. The molecule has 0 aliphatic carbocycles. The van der Waals surface area contributed by atoms with E-state index < -0.39 is 0 Å². The fourth-order valence-corrected chi connectivity index (χ4v) is 3.73. The van der Waals surface area contributed by atoms with Crippen molar-refractivity contribution in [3.05, 3.63) is 66.2 Å². The van der Waals surface area contributed by atoms with Crippen LogP contribution in [0.25, 0.3) is 0 Å². The summed E-state index contributed by atoms with van der Waals surface area (Å²) in [6.45, 7) is 5.81. The minimum atomic E-state index is -0.0514. The van der Waals surface area contributed by atoms with Crippen LogP contribution in [0.1, 0.15) is 18.6 Å². The van der Waals surface area contributed by atoms with Crippen LogP contribution >= 0.6 is 11.7 Å². The quantitative estimate of drug-likeness (QED) is 0.683. The summed E-state index contributed by atoms with van der Waals surface area (Å²) in [5, 5.41) is 0. The van der Waals surface area contributed by atoms with E-state index in [2.05, 4.69) is 61.0 Å². The van der Waals surface area contributed by atoms with Gasteiger partial charge in [0.15, 0.2) is 0 Å². The average molecular weight is 366 g/mol. The summed E-state index contributed by atoms with van der Waals surface area (Å²) in [6, 6.07) is 20.8. The first-order valence-corrected chi connectivity index (χ1v) is 9.63. The predicted octanol–water partition coefficient (Wildman–Crippen LogP) is 4.00. The maximum atomic E-state index is 6.12. The van der Waals surface area contributed by atoms with Crippen molar-refractivity contribution in [1.29, 1.82) is 0 Å². The standard InChI is InChI=1S/C20H22N4OS/c1-16(17-8-4-2-5-9-17)25-20-19(21-26-22-20)24-14-12-23(13-15-24)18-10-6-3-7-11-18/h2-11,16H,12-15H2,1H3. The lowest BCUT2D eigenvalue weighted by molar-refractivity contribution is 0.220. The molecule has 1 unspecified atom stereocenters. The minimum Gasteiger partial charge on any atom is -0.467 e. The van der Waals surface area contributed by atoms with Crippen LogP contribution in [0, 0.1) is 0 Å². The second-order valence-electron chi connectivity index (χ2n) is 6.37. The first-order chi connectivity index (χ1) is 12.8. The molecule has 0 N–H and O–H groups in total. The molecule has 1 fully saturated rings. The average Bonchev–Trinajstić information content (AvgIpc) is 3.17. The summed E-state index contributed by atoms with van der Waals surface area (Å²) in [4.78, 5) is 4.68. The van der Waals surface area contributed by atoms with Crippen LogP contribution in [0.15, 0.2) is 60.7 Å². The van der Waals surface area contributed by atoms with Crippen molar-refractivity contribution in [1.82, 2.24) is 8.75 Å². The van der Waals surface area contributed by atoms with Crippen LogP contribution in [0.5, 0.6) is 5.88 Å². The van der Waals surface area contributed by atoms with Gasteiger partial charge in [-0.1, -0.05) is 48.5 Å². The third-order valence-electron chi connectivity index (χ3n) is 4.70. The number of piperazine rings is 1. The first kappa shape index (κ1) is 16.8. The van der Waals surface area contributed by atoms with Crippen LogP contribution in [-0.2, 0) is 0 Å². The Morgan fingerprint density at radius 2 is 1.46 bits per heavy atom. The molecule has 0 spiro atoms. The van der Waals surface area contributed by atoms with Crippen molar-refractivity contribution in [2.75, 3.05) is 36.0 Å². The fourth-order valence-electron chi connectivity index (χ4n) is 3.22. The highest BCUT2D eigenvalue weighted by Crippen LogP contribution is 2.31. The number of nitrogens with zero attached hydrogens (tertiary/aromatic N) is 4. The second kappa shape index (κ2) is 7.74. The maximum absolute atomic E-state index is 6.12. The van der Waals surface area contributed by atoms with Crippen LogP contribution in [0.3, 0.4) is 0 Å². The second-order valence-corrected chi connectivity index (χ2v) is 6.90. The predicted molar refractivity (Wildman–Crippen MR) is 106 cm³/mol. The van der Waals surface area contributed by atoms with E-state index >= 15 is 0 Å². The van der Waals surface area contributed by atoms with E-state index in [-0.39, 0.29) is 6.10 Å². The summed E-state index contributed by atoms with van der Waals surface area (Å²) in [5.41, 5.74) is 2.41. The molecule has 1 aliphatic heterocycles. The van der Waals surface area contributed by atoms with E-state index in [9.17, 15) is 0 Å². The number of rotatable bonds is 5. The van der Waals surface area contributed by atoms with Crippen molar-refractivity contribution in [3.63, 3.8) is 0 Å². The summed E-state index contributed by atoms with van der Waals surface area (Å²) >= 11 is 1.21. The molecule has 2 aromatic carbocycles. The van der Waals surface area contributed by atoms with Crippen molar-refractivity contribution in [3.8, 4) is 5.88 Å². The lowest BCUT2D eigenvalue weighted by Crippen LogP contribution is -2.46. The largest absolute Gasteiger partial charge is 0.467 e. The smallest absolute Gasteiger partial charge is 0.271 e. The van der Waals surface area contributed by atoms with E-state index in [1.165, 1.54) is 17.4 Å². The number of para-hydroxylation sites is 1. The van der Waals surface area contributed by atoms with Gasteiger partial charge in [-0.25, -0.2) is 0 Å². The topological polar surface area (TPSA) is 41.5 Å². The van der Waals surface area contributed by atoms with Crippen LogP contribution in [-0.4, -0.2) is 34.9 Å². The van der Waals surface area contributed by atoms with Crippen molar-refractivity contribution >= 4 is 23.2 Å². The molecule has 0 radical (unpaired) electrons. The number of hydrogen-bond acceptors (Lipinski definition) is 6. The number of anilines is 2. The van der Waals surface area contributed by atoms with Gasteiger partial charge in [-0.05, 0) is 24.6 Å². The molecule has 134 valence electrons. The zero-order valence-corrected chi connectivity index (χ0v) is 15.6. The molecule has 2 heterocycles. The number of ether oxygens (including phenoxy) is 1. The van der Waals surface area contributed by atoms with Gasteiger partial charge in [-0.3, -0.25) is 0 Å². The van der Waals surface area contributed by atoms with Crippen LogP contribution in [0.4, 0.5) is 11.5 Å². The molecule has 4 rings (SSSR count). The van der Waals surface area contributed by atoms with E-state index in [1.54, 1.807) is 0 Å². The summed E-state index contributed by atoms with van der Waals surface area (Å²) in [5.74, 6) is 1.50. The Morgan fingerprint density at radius 1 is 0.846 bits per heavy atom. The van der Waals surface area contributed by atoms with Gasteiger partial charge in [0.05, 0.1) is 11.7 Å². The highest BCUT2D eigenvalue weighted by atomic mass is 32.1. The summed E-state index contributed by atoms with van der Waals surface area (Å²) in [7, 11) is 0. The molecular weight excluding hydrogens is 344 g/mol. The minimum absolute atomic E-state index is 0.0514. The first-order valence-electron chi connectivity index (χ1n) is 8.90. The number of benzene rings is 2. The zero-order valence-electron chi connectivity index (χ0n) is 14.8. The van der Waals surface area contributed by atoms with Crippen molar-refractivity contribution in [2.24, 2.45) is 0 Å². The molecule has 6 heteroatoms. The van der Waals surface area contributed by atoms with Crippen molar-refractivity contribution < 1.29 is 4.74 Å².